The molecule has 2 aromatic carbocycles. The molecule has 2 aliphatic heterocycles. The average molecular weight is 669 g/mol. The first-order valence-electron chi connectivity index (χ1n) is 12.2. The Morgan fingerprint density at radius 3 is 2.24 bits per heavy atom. The Morgan fingerprint density at radius 1 is 0.974 bits per heavy atom. The molecule has 0 spiro atoms. The van der Waals surface area contributed by atoms with E-state index >= 15 is 0 Å². The lowest BCUT2D eigenvalue weighted by atomic mass is 9.81. The van der Waals surface area contributed by atoms with E-state index in [1.54, 1.807) is 43.3 Å². The number of ether oxygens (including phenoxy) is 2. The van der Waals surface area contributed by atoms with Crippen molar-refractivity contribution in [3.05, 3.63) is 47.0 Å². The minimum atomic E-state index is -0.676. The number of carbonyl (C=O) groups is 4. The second-order valence-corrected chi connectivity index (χ2v) is 12.6. The zero-order valence-corrected chi connectivity index (χ0v) is 24.6. The molecule has 38 heavy (non-hydrogen) atoms. The van der Waals surface area contributed by atoms with E-state index in [1.165, 1.54) is 16.9 Å². The largest absolute Gasteiger partial charge is 0.495 e. The van der Waals surface area contributed by atoms with Gasteiger partial charge in [0.2, 0.25) is 17.7 Å². The molecule has 11 heteroatoms. The fourth-order valence-electron chi connectivity index (χ4n) is 5.45. The number of benzene rings is 2. The van der Waals surface area contributed by atoms with E-state index in [1.807, 2.05) is 0 Å². The molecule has 1 saturated carbocycles. The van der Waals surface area contributed by atoms with Gasteiger partial charge in [-0.05, 0) is 61.7 Å². The number of hydrogen-bond donors (Lipinski definition) is 0. The van der Waals surface area contributed by atoms with Crippen molar-refractivity contribution in [2.45, 2.75) is 35.8 Å². The normalized spacial score (nSPS) is 27.1. The second kappa shape index (κ2) is 10.6. The Balaban J connectivity index is 1.29. The molecule has 0 unspecified atom stereocenters. The summed E-state index contributed by atoms with van der Waals surface area (Å²) in [5, 5.41) is 0.448. The van der Waals surface area contributed by atoms with Crippen molar-refractivity contribution >= 4 is 78.5 Å². The second-order valence-electron chi connectivity index (χ2n) is 9.82. The molecule has 2 aromatic rings. The lowest BCUT2D eigenvalue weighted by molar-refractivity contribution is -0.139. The Kier molecular flexibility index (Phi) is 7.59. The van der Waals surface area contributed by atoms with Gasteiger partial charge in [0.25, 0.3) is 0 Å². The lowest BCUT2D eigenvalue weighted by Gasteiger charge is -2.29. The van der Waals surface area contributed by atoms with Crippen molar-refractivity contribution in [1.29, 1.82) is 0 Å². The van der Waals surface area contributed by atoms with Crippen LogP contribution < -0.4 is 19.3 Å². The molecule has 3 amide bonds. The number of esters is 1. The Labute approximate surface area is 241 Å². The lowest BCUT2D eigenvalue weighted by Crippen LogP contribution is -2.34. The molecule has 3 fully saturated rings. The third-order valence-electron chi connectivity index (χ3n) is 7.43. The van der Waals surface area contributed by atoms with Gasteiger partial charge in [0.15, 0.2) is 0 Å². The number of halogens is 3. The van der Waals surface area contributed by atoms with Gasteiger partial charge in [-0.25, -0.2) is 4.90 Å². The highest BCUT2D eigenvalue weighted by Crippen LogP contribution is 2.45. The summed E-state index contributed by atoms with van der Waals surface area (Å²) < 4.78 is 11.0. The highest BCUT2D eigenvalue weighted by Gasteiger charge is 2.52. The van der Waals surface area contributed by atoms with Gasteiger partial charge in [-0.2, -0.15) is 0 Å². The van der Waals surface area contributed by atoms with Gasteiger partial charge in [0.1, 0.15) is 11.5 Å². The van der Waals surface area contributed by atoms with Crippen molar-refractivity contribution < 1.29 is 28.7 Å². The number of anilines is 2. The standard InChI is InChI=1S/C27H25Br2ClN2O6/c1-13-7-16(4-5-21(13)32-25(34)17-10-19(28)20(29)11-18(17)26(32)35)38-27(36)14-8-24(33)31(12-14)22-9-15(30)3-6-23(22)37-2/h3-7,9,14,17-20H,8,10-12H2,1-2H3/t14-,17-,18-,19+,20+/m1/s1. The molecule has 5 atom stereocenters. The number of nitrogens with zero attached hydrogens (tertiary/aromatic N) is 2. The van der Waals surface area contributed by atoms with Gasteiger partial charge in [-0.1, -0.05) is 43.5 Å². The maximum Gasteiger partial charge on any atom is 0.316 e. The van der Waals surface area contributed by atoms with E-state index in [-0.39, 0.29) is 57.9 Å². The van der Waals surface area contributed by atoms with Crippen LogP contribution in [0.25, 0.3) is 0 Å². The fourth-order valence-corrected chi connectivity index (χ4v) is 6.85. The SMILES string of the molecule is COc1ccc(Cl)cc1N1C[C@H](C(=O)Oc2ccc(N3C(=O)[C@@H]4C[C@H](Br)[C@@H](Br)C[C@H]4C3=O)c(C)c2)CC1=O. The van der Waals surface area contributed by atoms with Crippen LogP contribution in [0, 0.1) is 24.7 Å². The van der Waals surface area contributed by atoms with E-state index in [0.29, 0.717) is 40.6 Å². The highest BCUT2D eigenvalue weighted by molar-refractivity contribution is 9.12. The quantitative estimate of drug-likeness (QED) is 0.192. The number of imide groups is 1. The molecule has 0 aromatic heterocycles. The van der Waals surface area contributed by atoms with Crippen LogP contribution in [-0.2, 0) is 19.2 Å². The number of alkyl halides is 2. The van der Waals surface area contributed by atoms with Crippen LogP contribution in [0.2, 0.25) is 5.02 Å². The van der Waals surface area contributed by atoms with Crippen LogP contribution in [0.5, 0.6) is 11.5 Å². The average Bonchev–Trinajstić information content (AvgIpc) is 3.37. The highest BCUT2D eigenvalue weighted by atomic mass is 79.9. The summed E-state index contributed by atoms with van der Waals surface area (Å²) in [5.41, 5.74) is 1.62. The monoisotopic (exact) mass is 666 g/mol. The summed E-state index contributed by atoms with van der Waals surface area (Å²) >= 11 is 13.3. The van der Waals surface area contributed by atoms with E-state index in [4.69, 9.17) is 21.1 Å². The van der Waals surface area contributed by atoms with E-state index < -0.39 is 11.9 Å². The number of rotatable bonds is 5. The first-order valence-corrected chi connectivity index (χ1v) is 14.4. The van der Waals surface area contributed by atoms with Gasteiger partial charge >= 0.3 is 5.97 Å². The zero-order chi connectivity index (χ0) is 27.3. The van der Waals surface area contributed by atoms with Gasteiger partial charge in [-0.3, -0.25) is 19.2 Å². The van der Waals surface area contributed by atoms with Crippen LogP contribution in [0.3, 0.4) is 0 Å². The summed E-state index contributed by atoms with van der Waals surface area (Å²) in [6.45, 7) is 1.90. The van der Waals surface area contributed by atoms with Crippen molar-refractivity contribution in [3.8, 4) is 11.5 Å². The summed E-state index contributed by atoms with van der Waals surface area (Å²) in [4.78, 5) is 55.0. The Hall–Kier alpha value is -2.43. The first kappa shape index (κ1) is 27.1. The number of methoxy groups -OCH3 is 1. The molecular weight excluding hydrogens is 644 g/mol. The molecule has 5 rings (SSSR count). The molecule has 0 radical (unpaired) electrons. The molecule has 3 aliphatic rings. The van der Waals surface area contributed by atoms with Crippen LogP contribution >= 0.6 is 43.5 Å². The van der Waals surface area contributed by atoms with E-state index in [2.05, 4.69) is 31.9 Å². The predicted molar refractivity (Wildman–Crippen MR) is 149 cm³/mol. The smallest absolute Gasteiger partial charge is 0.316 e. The van der Waals surface area contributed by atoms with Crippen LogP contribution in [0.15, 0.2) is 36.4 Å². The molecule has 2 heterocycles. The minimum Gasteiger partial charge on any atom is -0.495 e. The summed E-state index contributed by atoms with van der Waals surface area (Å²) in [6.07, 6.45) is 1.18. The fraction of sp³-hybridized carbons (Fsp3) is 0.407. The number of fused-ring (bicyclic) bond motifs is 1. The maximum atomic E-state index is 13.2. The van der Waals surface area contributed by atoms with Crippen molar-refractivity contribution in [2.24, 2.45) is 17.8 Å². The molecule has 0 bridgehead atoms. The Morgan fingerprint density at radius 2 is 1.63 bits per heavy atom. The molecule has 1 aliphatic carbocycles. The molecule has 200 valence electrons. The summed E-state index contributed by atoms with van der Waals surface area (Å²) in [7, 11) is 1.50. The van der Waals surface area contributed by atoms with Gasteiger partial charge in [-0.15, -0.1) is 0 Å². The van der Waals surface area contributed by atoms with Crippen LogP contribution in [0.4, 0.5) is 11.4 Å². The molecular formula is C27H25Br2ClN2O6. The van der Waals surface area contributed by atoms with Gasteiger partial charge in [0, 0.05) is 27.6 Å². The number of carbonyl (C=O) groups excluding carboxylic acids is 4. The minimum absolute atomic E-state index is 0.00570. The predicted octanol–water partition coefficient (Wildman–Crippen LogP) is 5.04. The number of aryl methyl sites for hydroxylation is 1. The van der Waals surface area contributed by atoms with E-state index in [9.17, 15) is 19.2 Å². The number of hydrogen-bond acceptors (Lipinski definition) is 6. The van der Waals surface area contributed by atoms with Crippen molar-refractivity contribution in [1.82, 2.24) is 0 Å². The van der Waals surface area contributed by atoms with Crippen molar-refractivity contribution in [3.63, 3.8) is 0 Å². The summed E-state index contributed by atoms with van der Waals surface area (Å²) in [6, 6.07) is 9.79. The van der Waals surface area contributed by atoms with E-state index in [0.717, 1.165) is 0 Å². The maximum absolute atomic E-state index is 13.2. The van der Waals surface area contributed by atoms with Crippen LogP contribution in [-0.4, -0.2) is 47.0 Å². The third-order valence-corrected chi connectivity index (χ3v) is 10.4. The molecule has 0 N–H and O–H groups in total. The number of amides is 3. The first-order chi connectivity index (χ1) is 18.1. The van der Waals surface area contributed by atoms with Crippen molar-refractivity contribution in [2.75, 3.05) is 23.5 Å². The molecule has 8 nitrogen and oxygen atoms in total. The zero-order valence-electron chi connectivity index (χ0n) is 20.7. The van der Waals surface area contributed by atoms with Gasteiger partial charge < -0.3 is 14.4 Å². The summed E-state index contributed by atoms with van der Waals surface area (Å²) in [5.74, 6) is -1.78. The molecule has 2 saturated heterocycles. The van der Waals surface area contributed by atoms with Gasteiger partial charge in [0.05, 0.1) is 36.2 Å². The Bertz CT molecular complexity index is 1310. The topological polar surface area (TPSA) is 93.2 Å². The van der Waals surface area contributed by atoms with Crippen LogP contribution in [0.1, 0.15) is 24.8 Å². The third kappa shape index (κ3) is 4.86.